The molecule has 92 valence electrons. The van der Waals surface area contributed by atoms with E-state index in [9.17, 15) is 9.59 Å². The van der Waals surface area contributed by atoms with Gasteiger partial charge >= 0.3 is 11.9 Å². The molecular formula is C11H12ClNO4. The lowest BCUT2D eigenvalue weighted by atomic mass is 9.89. The van der Waals surface area contributed by atoms with E-state index in [4.69, 9.17) is 27.5 Å². The molecule has 1 rings (SSSR count). The maximum Gasteiger partial charge on any atom is 0.321 e. The van der Waals surface area contributed by atoms with E-state index in [-0.39, 0.29) is 6.42 Å². The van der Waals surface area contributed by atoms with E-state index >= 15 is 0 Å². The minimum absolute atomic E-state index is 0.338. The van der Waals surface area contributed by atoms with E-state index in [0.29, 0.717) is 10.6 Å². The van der Waals surface area contributed by atoms with Crippen molar-refractivity contribution < 1.29 is 19.8 Å². The van der Waals surface area contributed by atoms with Gasteiger partial charge < -0.3 is 15.9 Å². The SMILES string of the molecule is NC(C(=O)O)[C@H](CC(=O)O)c1ccc(Cl)cc1. The average molecular weight is 258 g/mol. The monoisotopic (exact) mass is 257 g/mol. The molecule has 0 aliphatic rings. The van der Waals surface area contributed by atoms with Crippen LogP contribution in [0.3, 0.4) is 0 Å². The van der Waals surface area contributed by atoms with Crippen LogP contribution in [0.1, 0.15) is 17.9 Å². The first-order valence-electron chi connectivity index (χ1n) is 4.87. The molecule has 5 nitrogen and oxygen atoms in total. The number of aliphatic carboxylic acids is 2. The number of rotatable bonds is 5. The van der Waals surface area contributed by atoms with E-state index in [1.807, 2.05) is 0 Å². The Hall–Kier alpha value is -1.59. The molecule has 4 N–H and O–H groups in total. The van der Waals surface area contributed by atoms with Gasteiger partial charge in [0.05, 0.1) is 6.42 Å². The zero-order valence-corrected chi connectivity index (χ0v) is 9.59. The van der Waals surface area contributed by atoms with Gasteiger partial charge in [-0.1, -0.05) is 23.7 Å². The Morgan fingerprint density at radius 2 is 1.76 bits per heavy atom. The highest BCUT2D eigenvalue weighted by molar-refractivity contribution is 6.30. The molecule has 0 aliphatic carbocycles. The molecule has 0 aliphatic heterocycles. The Balaban J connectivity index is 3.01. The second-order valence-corrected chi connectivity index (χ2v) is 4.06. The minimum atomic E-state index is -1.26. The van der Waals surface area contributed by atoms with E-state index < -0.39 is 23.9 Å². The molecule has 0 spiro atoms. The molecule has 1 unspecified atom stereocenters. The van der Waals surface area contributed by atoms with Gasteiger partial charge in [0, 0.05) is 10.9 Å². The molecule has 0 fully saturated rings. The highest BCUT2D eigenvalue weighted by Gasteiger charge is 2.27. The fraction of sp³-hybridized carbons (Fsp3) is 0.273. The molecule has 0 aromatic heterocycles. The molecule has 17 heavy (non-hydrogen) atoms. The Morgan fingerprint density at radius 1 is 1.24 bits per heavy atom. The van der Waals surface area contributed by atoms with Crippen LogP contribution in [-0.2, 0) is 9.59 Å². The number of nitrogens with two attached hydrogens (primary N) is 1. The summed E-state index contributed by atoms with van der Waals surface area (Å²) in [5.74, 6) is -3.10. The number of hydrogen-bond acceptors (Lipinski definition) is 3. The van der Waals surface area contributed by atoms with E-state index in [2.05, 4.69) is 0 Å². The van der Waals surface area contributed by atoms with Gasteiger partial charge in [-0.3, -0.25) is 9.59 Å². The molecule has 0 amide bonds. The van der Waals surface area contributed by atoms with Crippen molar-refractivity contribution in [1.82, 2.24) is 0 Å². The van der Waals surface area contributed by atoms with Gasteiger partial charge in [-0.15, -0.1) is 0 Å². The smallest absolute Gasteiger partial charge is 0.321 e. The lowest BCUT2D eigenvalue weighted by Gasteiger charge is -2.19. The third kappa shape index (κ3) is 3.72. The first kappa shape index (κ1) is 13.5. The van der Waals surface area contributed by atoms with Crippen LogP contribution in [0.4, 0.5) is 0 Å². The molecule has 1 aromatic rings. The van der Waals surface area contributed by atoms with Crippen LogP contribution in [-0.4, -0.2) is 28.2 Å². The molecule has 1 aromatic carbocycles. The van der Waals surface area contributed by atoms with Gasteiger partial charge in [-0.25, -0.2) is 0 Å². The van der Waals surface area contributed by atoms with Crippen LogP contribution in [0.5, 0.6) is 0 Å². The Bertz CT molecular complexity index is 418. The molecule has 0 saturated heterocycles. The quantitative estimate of drug-likeness (QED) is 0.738. The predicted molar refractivity (Wildman–Crippen MR) is 62.1 cm³/mol. The van der Waals surface area contributed by atoms with Crippen molar-refractivity contribution in [2.45, 2.75) is 18.4 Å². The number of carbonyl (C=O) groups is 2. The summed E-state index contributed by atoms with van der Waals surface area (Å²) in [6.07, 6.45) is -0.338. The first-order chi connectivity index (χ1) is 7.91. The summed E-state index contributed by atoms with van der Waals surface area (Å²) in [6.45, 7) is 0. The summed E-state index contributed by atoms with van der Waals surface area (Å²) in [5.41, 5.74) is 6.03. The Kier molecular flexibility index (Phi) is 4.48. The molecule has 0 bridgehead atoms. The van der Waals surface area contributed by atoms with Crippen molar-refractivity contribution in [3.05, 3.63) is 34.9 Å². The Labute approximate surface area is 103 Å². The van der Waals surface area contributed by atoms with Crippen molar-refractivity contribution in [3.8, 4) is 0 Å². The van der Waals surface area contributed by atoms with Crippen molar-refractivity contribution in [2.75, 3.05) is 0 Å². The van der Waals surface area contributed by atoms with Gasteiger partial charge in [-0.05, 0) is 17.7 Å². The number of benzene rings is 1. The largest absolute Gasteiger partial charge is 0.481 e. The minimum Gasteiger partial charge on any atom is -0.481 e. The third-order valence-corrected chi connectivity index (χ3v) is 2.66. The predicted octanol–water partition coefficient (Wildman–Crippen LogP) is 1.31. The van der Waals surface area contributed by atoms with Crippen LogP contribution in [0, 0.1) is 0 Å². The zero-order chi connectivity index (χ0) is 13.0. The lowest BCUT2D eigenvalue weighted by Crippen LogP contribution is -2.37. The summed E-state index contributed by atoms with van der Waals surface area (Å²) >= 11 is 5.70. The second kappa shape index (κ2) is 5.65. The van der Waals surface area contributed by atoms with Crippen molar-refractivity contribution in [2.24, 2.45) is 5.73 Å². The molecule has 2 atom stereocenters. The summed E-state index contributed by atoms with van der Waals surface area (Å²) < 4.78 is 0. The van der Waals surface area contributed by atoms with Crippen molar-refractivity contribution in [3.63, 3.8) is 0 Å². The number of carboxylic acids is 2. The van der Waals surface area contributed by atoms with Crippen LogP contribution in [0.25, 0.3) is 0 Å². The van der Waals surface area contributed by atoms with Crippen LogP contribution < -0.4 is 5.73 Å². The summed E-state index contributed by atoms with van der Waals surface area (Å²) in [6, 6.07) is 5.05. The standard InChI is InChI=1S/C11H12ClNO4/c12-7-3-1-6(2-4-7)8(5-9(14)15)10(13)11(16)17/h1-4,8,10H,5,13H2,(H,14,15)(H,16,17)/t8-,10?/m1/s1. The maximum atomic E-state index is 10.8. The second-order valence-electron chi connectivity index (χ2n) is 3.62. The van der Waals surface area contributed by atoms with E-state index in [1.165, 1.54) is 0 Å². The highest BCUT2D eigenvalue weighted by atomic mass is 35.5. The fourth-order valence-corrected chi connectivity index (χ4v) is 1.65. The van der Waals surface area contributed by atoms with Gasteiger partial charge in [0.15, 0.2) is 0 Å². The maximum absolute atomic E-state index is 10.8. The molecular weight excluding hydrogens is 246 g/mol. The number of carboxylic acid groups (broad SMARTS) is 2. The van der Waals surface area contributed by atoms with E-state index in [0.717, 1.165) is 0 Å². The third-order valence-electron chi connectivity index (χ3n) is 2.41. The van der Waals surface area contributed by atoms with E-state index in [1.54, 1.807) is 24.3 Å². The zero-order valence-electron chi connectivity index (χ0n) is 8.84. The van der Waals surface area contributed by atoms with Crippen LogP contribution in [0.2, 0.25) is 5.02 Å². The highest BCUT2D eigenvalue weighted by Crippen LogP contribution is 2.24. The van der Waals surface area contributed by atoms with Crippen LogP contribution in [0.15, 0.2) is 24.3 Å². The topological polar surface area (TPSA) is 101 Å². The number of hydrogen-bond donors (Lipinski definition) is 3. The Morgan fingerprint density at radius 3 is 2.18 bits per heavy atom. The first-order valence-corrected chi connectivity index (χ1v) is 5.25. The fourth-order valence-electron chi connectivity index (χ4n) is 1.52. The molecule has 6 heteroatoms. The summed E-state index contributed by atoms with van der Waals surface area (Å²) in [7, 11) is 0. The lowest BCUT2D eigenvalue weighted by molar-refractivity contribution is -0.140. The van der Waals surface area contributed by atoms with Gasteiger partial charge in [0.1, 0.15) is 6.04 Å². The van der Waals surface area contributed by atoms with Crippen molar-refractivity contribution in [1.29, 1.82) is 0 Å². The van der Waals surface area contributed by atoms with Gasteiger partial charge in [-0.2, -0.15) is 0 Å². The molecule has 0 radical (unpaired) electrons. The van der Waals surface area contributed by atoms with Crippen LogP contribution >= 0.6 is 11.6 Å². The van der Waals surface area contributed by atoms with Gasteiger partial charge in [0.2, 0.25) is 0 Å². The molecule has 0 heterocycles. The summed E-state index contributed by atoms with van der Waals surface area (Å²) in [5, 5.41) is 18.1. The summed E-state index contributed by atoms with van der Waals surface area (Å²) in [4.78, 5) is 21.5. The normalized spacial score (nSPS) is 14.0. The number of halogens is 1. The van der Waals surface area contributed by atoms with Crippen molar-refractivity contribution >= 4 is 23.5 Å². The average Bonchev–Trinajstić information content (AvgIpc) is 2.26. The molecule has 0 saturated carbocycles. The van der Waals surface area contributed by atoms with Gasteiger partial charge in [0.25, 0.3) is 0 Å².